The van der Waals surface area contributed by atoms with Gasteiger partial charge in [-0.3, -0.25) is 19.7 Å². The number of aromatic nitrogens is 1. The van der Waals surface area contributed by atoms with Crippen LogP contribution in [0, 0.1) is 5.92 Å². The number of carboxylic acid groups (broad SMARTS) is 1. The van der Waals surface area contributed by atoms with Crippen LogP contribution in [0.4, 0.5) is 16.3 Å². The largest absolute Gasteiger partial charge is 0.465 e. The van der Waals surface area contributed by atoms with Gasteiger partial charge in [0.25, 0.3) is 0 Å². The summed E-state index contributed by atoms with van der Waals surface area (Å²) in [6.45, 7) is 7.84. The van der Waals surface area contributed by atoms with Crippen LogP contribution in [-0.4, -0.2) is 64.7 Å². The van der Waals surface area contributed by atoms with Gasteiger partial charge in [-0.15, -0.1) is 0 Å². The van der Waals surface area contributed by atoms with Crippen LogP contribution in [0.3, 0.4) is 0 Å². The van der Waals surface area contributed by atoms with Crippen LogP contribution in [-0.2, 0) is 4.79 Å². The third-order valence-corrected chi connectivity index (χ3v) is 5.84. The van der Waals surface area contributed by atoms with E-state index in [0.717, 1.165) is 50.4 Å². The van der Waals surface area contributed by atoms with Crippen molar-refractivity contribution in [2.45, 2.75) is 39.5 Å². The molecule has 1 aromatic rings. The van der Waals surface area contributed by atoms with Crippen molar-refractivity contribution in [3.8, 4) is 0 Å². The fourth-order valence-electron chi connectivity index (χ4n) is 4.39. The van der Waals surface area contributed by atoms with E-state index >= 15 is 0 Å². The SMILES string of the molecule is CC(C)CN1C2=C(CCN(C(=O)O)CC2)CN1c1ccc(N2CCCC2=O)nc1. The molecule has 0 radical (unpaired) electrons. The molecule has 3 aliphatic rings. The van der Waals surface area contributed by atoms with Gasteiger partial charge in [0, 0.05) is 44.7 Å². The highest BCUT2D eigenvalue weighted by Gasteiger charge is 2.33. The van der Waals surface area contributed by atoms with Gasteiger partial charge in [-0.1, -0.05) is 13.8 Å². The number of hydrogen-bond donors (Lipinski definition) is 1. The summed E-state index contributed by atoms with van der Waals surface area (Å²) in [5.41, 5.74) is 3.57. The van der Waals surface area contributed by atoms with Gasteiger partial charge in [-0.2, -0.15) is 0 Å². The van der Waals surface area contributed by atoms with Crippen molar-refractivity contribution in [1.82, 2.24) is 14.9 Å². The maximum absolute atomic E-state index is 12.0. The maximum Gasteiger partial charge on any atom is 0.407 e. The van der Waals surface area contributed by atoms with E-state index < -0.39 is 6.09 Å². The molecule has 2 amide bonds. The molecule has 8 nitrogen and oxygen atoms in total. The van der Waals surface area contributed by atoms with E-state index in [0.29, 0.717) is 25.4 Å². The molecule has 1 saturated heterocycles. The third-order valence-electron chi connectivity index (χ3n) is 5.84. The van der Waals surface area contributed by atoms with Crippen LogP contribution in [0.1, 0.15) is 39.5 Å². The molecule has 156 valence electrons. The Bertz CT molecular complexity index is 820. The molecule has 0 atom stereocenters. The van der Waals surface area contributed by atoms with Crippen LogP contribution in [0.25, 0.3) is 0 Å². The molecule has 0 spiro atoms. The van der Waals surface area contributed by atoms with Gasteiger partial charge < -0.3 is 10.0 Å². The van der Waals surface area contributed by atoms with Crippen LogP contribution >= 0.6 is 0 Å². The summed E-state index contributed by atoms with van der Waals surface area (Å²) in [5.74, 6) is 1.33. The van der Waals surface area contributed by atoms with E-state index in [1.165, 1.54) is 16.2 Å². The third kappa shape index (κ3) is 3.88. The molecule has 1 aromatic heterocycles. The second-order valence-electron chi connectivity index (χ2n) is 8.38. The van der Waals surface area contributed by atoms with Gasteiger partial charge in [0.1, 0.15) is 5.82 Å². The number of hydrogen-bond acceptors (Lipinski definition) is 5. The molecule has 4 rings (SSSR count). The van der Waals surface area contributed by atoms with Crippen molar-refractivity contribution in [2.24, 2.45) is 5.92 Å². The number of hydrazine groups is 1. The van der Waals surface area contributed by atoms with Gasteiger partial charge in [-0.25, -0.2) is 9.78 Å². The van der Waals surface area contributed by atoms with Crippen molar-refractivity contribution < 1.29 is 14.7 Å². The van der Waals surface area contributed by atoms with Crippen molar-refractivity contribution in [1.29, 1.82) is 0 Å². The van der Waals surface area contributed by atoms with Gasteiger partial charge in [-0.05, 0) is 36.5 Å². The molecule has 1 N–H and O–H groups in total. The summed E-state index contributed by atoms with van der Waals surface area (Å²) in [4.78, 5) is 31.2. The molecule has 0 bridgehead atoms. The predicted molar refractivity (Wildman–Crippen MR) is 111 cm³/mol. The van der Waals surface area contributed by atoms with Gasteiger partial charge in [0.2, 0.25) is 5.91 Å². The van der Waals surface area contributed by atoms with Gasteiger partial charge in [0.05, 0.1) is 18.4 Å². The Morgan fingerprint density at radius 3 is 2.59 bits per heavy atom. The Morgan fingerprint density at radius 1 is 1.17 bits per heavy atom. The number of amides is 2. The maximum atomic E-state index is 12.0. The fraction of sp³-hybridized carbons (Fsp3) is 0.571. The standard InChI is InChI=1S/C21H29N5O3/c1-15(2)13-26-18-8-11-23(21(28)29)10-7-16(18)14-25(26)17-5-6-19(22-12-17)24-9-3-4-20(24)27/h5-6,12,15H,3-4,7-11,13-14H2,1-2H3,(H,28,29). The number of pyridine rings is 1. The molecule has 29 heavy (non-hydrogen) atoms. The normalized spacial score (nSPS) is 20.0. The van der Waals surface area contributed by atoms with E-state index in [1.54, 1.807) is 4.90 Å². The van der Waals surface area contributed by atoms with Crippen LogP contribution < -0.4 is 9.91 Å². The number of carbonyl (C=O) groups excluding carboxylic acids is 1. The molecule has 4 heterocycles. The summed E-state index contributed by atoms with van der Waals surface area (Å²) < 4.78 is 0. The smallest absolute Gasteiger partial charge is 0.407 e. The topological polar surface area (TPSA) is 80.2 Å². The highest BCUT2D eigenvalue weighted by atomic mass is 16.4. The summed E-state index contributed by atoms with van der Waals surface area (Å²) in [6, 6.07) is 3.97. The first-order chi connectivity index (χ1) is 13.9. The minimum atomic E-state index is -0.838. The van der Waals surface area contributed by atoms with Gasteiger partial charge in [0.15, 0.2) is 0 Å². The zero-order valence-corrected chi connectivity index (χ0v) is 17.2. The second kappa shape index (κ2) is 7.93. The molecule has 3 aliphatic heterocycles. The van der Waals surface area contributed by atoms with E-state index in [1.807, 2.05) is 18.3 Å². The predicted octanol–water partition coefficient (Wildman–Crippen LogP) is 2.93. The molecular formula is C21H29N5O3. The van der Waals surface area contributed by atoms with E-state index in [4.69, 9.17) is 0 Å². The number of rotatable bonds is 4. The Labute approximate surface area is 171 Å². The van der Waals surface area contributed by atoms with Gasteiger partial charge >= 0.3 is 6.09 Å². The average molecular weight is 399 g/mol. The van der Waals surface area contributed by atoms with Crippen molar-refractivity contribution >= 4 is 23.5 Å². The minimum absolute atomic E-state index is 0.143. The molecule has 8 heteroatoms. The number of carbonyl (C=O) groups is 2. The van der Waals surface area contributed by atoms with Crippen LogP contribution in [0.15, 0.2) is 29.6 Å². The summed E-state index contributed by atoms with van der Waals surface area (Å²) in [6.07, 6.45) is 4.00. The second-order valence-corrected chi connectivity index (χ2v) is 8.38. The quantitative estimate of drug-likeness (QED) is 0.839. The first kappa shape index (κ1) is 19.5. The summed E-state index contributed by atoms with van der Waals surface area (Å²) >= 11 is 0. The zero-order chi connectivity index (χ0) is 20.5. The van der Waals surface area contributed by atoms with Crippen LogP contribution in [0.2, 0.25) is 0 Å². The first-order valence-corrected chi connectivity index (χ1v) is 10.4. The highest BCUT2D eigenvalue weighted by molar-refractivity contribution is 5.94. The molecule has 0 aliphatic carbocycles. The van der Waals surface area contributed by atoms with Crippen molar-refractivity contribution in [3.05, 3.63) is 29.6 Å². The van der Waals surface area contributed by atoms with E-state index in [-0.39, 0.29) is 5.91 Å². The minimum Gasteiger partial charge on any atom is -0.465 e. The molecular weight excluding hydrogens is 370 g/mol. The summed E-state index contributed by atoms with van der Waals surface area (Å²) in [7, 11) is 0. The average Bonchev–Trinajstić information content (AvgIpc) is 3.18. The Balaban J connectivity index is 1.54. The molecule has 0 unspecified atom stereocenters. The van der Waals surface area contributed by atoms with Crippen molar-refractivity contribution in [3.63, 3.8) is 0 Å². The lowest BCUT2D eigenvalue weighted by molar-refractivity contribution is -0.117. The lowest BCUT2D eigenvalue weighted by Gasteiger charge is -2.35. The lowest BCUT2D eigenvalue weighted by Crippen LogP contribution is -2.41. The molecule has 0 aromatic carbocycles. The van der Waals surface area contributed by atoms with E-state index in [2.05, 4.69) is 28.8 Å². The molecule has 0 saturated carbocycles. The fourth-order valence-corrected chi connectivity index (χ4v) is 4.39. The zero-order valence-electron chi connectivity index (χ0n) is 17.2. The highest BCUT2D eigenvalue weighted by Crippen LogP contribution is 2.35. The van der Waals surface area contributed by atoms with E-state index in [9.17, 15) is 14.7 Å². The van der Waals surface area contributed by atoms with Crippen molar-refractivity contribution in [2.75, 3.05) is 42.6 Å². The number of nitrogens with zero attached hydrogens (tertiary/aromatic N) is 5. The molecule has 1 fully saturated rings. The Morgan fingerprint density at radius 2 is 1.97 bits per heavy atom. The van der Waals surface area contributed by atoms with Crippen LogP contribution in [0.5, 0.6) is 0 Å². The summed E-state index contributed by atoms with van der Waals surface area (Å²) in [5, 5.41) is 13.9. The number of anilines is 2. The lowest BCUT2D eigenvalue weighted by atomic mass is 10.1. The monoisotopic (exact) mass is 399 g/mol. The Hall–Kier alpha value is -2.77. The Kier molecular flexibility index (Phi) is 5.34. The first-order valence-electron chi connectivity index (χ1n) is 10.4.